The highest BCUT2D eigenvalue weighted by Crippen LogP contribution is 2.49. The topological polar surface area (TPSA) is 9.86 Å². The molecular weight excluding hydrogens is 689 g/mol. The fourth-order valence-electron chi connectivity index (χ4n) is 9.65. The Morgan fingerprint density at radius 2 is 0.789 bits per heavy atom. The van der Waals surface area contributed by atoms with Crippen LogP contribution in [-0.2, 0) is 0 Å². The van der Waals surface area contributed by atoms with E-state index in [4.69, 9.17) is 0 Å². The molecule has 2 heterocycles. The van der Waals surface area contributed by atoms with Crippen molar-refractivity contribution in [2.75, 3.05) is 0 Å². The van der Waals surface area contributed by atoms with Gasteiger partial charge < -0.3 is 9.13 Å². The maximum absolute atomic E-state index is 2.41. The molecule has 1 unspecified atom stereocenters. The molecule has 0 saturated carbocycles. The van der Waals surface area contributed by atoms with E-state index >= 15 is 0 Å². The van der Waals surface area contributed by atoms with Crippen molar-refractivity contribution in [2.24, 2.45) is 0 Å². The first-order chi connectivity index (χ1) is 28.3. The summed E-state index contributed by atoms with van der Waals surface area (Å²) in [6.45, 7) is 0. The van der Waals surface area contributed by atoms with E-state index in [-0.39, 0.29) is 5.92 Å². The average molecular weight is 725 g/mol. The van der Waals surface area contributed by atoms with E-state index in [0.29, 0.717) is 0 Å². The summed E-state index contributed by atoms with van der Waals surface area (Å²) in [5, 5.41) is 5.10. The van der Waals surface area contributed by atoms with Gasteiger partial charge in [0.15, 0.2) is 0 Å². The van der Waals surface area contributed by atoms with Gasteiger partial charge in [-0.3, -0.25) is 0 Å². The summed E-state index contributed by atoms with van der Waals surface area (Å²) < 4.78 is 4.76. The van der Waals surface area contributed by atoms with Crippen molar-refractivity contribution in [3.63, 3.8) is 0 Å². The lowest BCUT2D eigenvalue weighted by atomic mass is 9.87. The Kier molecular flexibility index (Phi) is 7.02. The van der Waals surface area contributed by atoms with Gasteiger partial charge in [-0.25, -0.2) is 0 Å². The van der Waals surface area contributed by atoms with E-state index < -0.39 is 0 Å². The molecule has 9 aromatic carbocycles. The summed E-state index contributed by atoms with van der Waals surface area (Å²) in [4.78, 5) is 0. The third kappa shape index (κ3) is 4.91. The fraction of sp³-hybridized carbons (Fsp3) is 0.0182. The molecule has 0 bridgehead atoms. The van der Waals surface area contributed by atoms with Crippen molar-refractivity contribution < 1.29 is 0 Å². The van der Waals surface area contributed by atoms with Gasteiger partial charge in [-0.1, -0.05) is 152 Å². The molecule has 1 aliphatic rings. The largest absolute Gasteiger partial charge is 0.309 e. The van der Waals surface area contributed by atoms with Crippen molar-refractivity contribution in [3.8, 4) is 44.8 Å². The van der Waals surface area contributed by atoms with Gasteiger partial charge in [0, 0.05) is 38.8 Å². The van der Waals surface area contributed by atoms with Gasteiger partial charge in [0.1, 0.15) is 0 Å². The van der Waals surface area contributed by atoms with Gasteiger partial charge in [0.05, 0.1) is 22.1 Å². The van der Waals surface area contributed by atoms with Crippen LogP contribution < -0.4 is 0 Å². The highest BCUT2D eigenvalue weighted by atomic mass is 15.0. The smallest absolute Gasteiger partial charge is 0.0541 e. The van der Waals surface area contributed by atoms with Crippen LogP contribution in [0.3, 0.4) is 0 Å². The molecule has 0 fully saturated rings. The zero-order chi connectivity index (χ0) is 37.5. The summed E-state index contributed by atoms with van der Waals surface area (Å²) in [6.07, 6.45) is 0. The molecule has 1 aliphatic carbocycles. The quantitative estimate of drug-likeness (QED) is 0.167. The Morgan fingerprint density at radius 1 is 0.281 bits per heavy atom. The number of benzene rings is 9. The van der Waals surface area contributed by atoms with Crippen molar-refractivity contribution in [3.05, 3.63) is 229 Å². The van der Waals surface area contributed by atoms with E-state index in [2.05, 4.69) is 221 Å². The highest BCUT2D eigenvalue weighted by molar-refractivity contribution is 6.11. The standard InChI is InChI=1S/C55H36N2/c1-2-15-41(16-3-1)56-53-24-11-8-20-46(53)50-35-39(28-32-54(50)56)37-13-12-14-40(33-37)55-47-21-5-4-17-43(47)49-34-38(27-31-48(49)55)36-25-29-42(30-26-36)57-51-22-9-6-18-44(51)45-19-7-10-23-52(45)57/h1-35,55H. The lowest BCUT2D eigenvalue weighted by molar-refractivity contribution is 1.02. The van der Waals surface area contributed by atoms with Crippen molar-refractivity contribution in [1.29, 1.82) is 0 Å². The first-order valence-corrected chi connectivity index (χ1v) is 19.8. The van der Waals surface area contributed by atoms with Crippen molar-refractivity contribution in [1.82, 2.24) is 9.13 Å². The van der Waals surface area contributed by atoms with Gasteiger partial charge in [0.25, 0.3) is 0 Å². The number of hydrogen-bond acceptors (Lipinski definition) is 0. The van der Waals surface area contributed by atoms with Crippen LogP contribution in [0.2, 0.25) is 0 Å². The minimum absolute atomic E-state index is 0.159. The van der Waals surface area contributed by atoms with Crippen LogP contribution in [0.15, 0.2) is 212 Å². The van der Waals surface area contributed by atoms with Gasteiger partial charge >= 0.3 is 0 Å². The average Bonchev–Trinajstić information content (AvgIpc) is 3.92. The maximum atomic E-state index is 2.41. The number of rotatable bonds is 5. The molecule has 11 aromatic rings. The summed E-state index contributed by atoms with van der Waals surface area (Å²) in [6, 6.07) is 78.1. The SMILES string of the molecule is c1ccc(-n2c3ccccc3c3cc(-c4cccc(C5c6ccccc6-c6cc(-c7ccc(-n8c9ccccc9c9ccccc98)cc7)ccc65)c4)ccc32)cc1. The van der Waals surface area contributed by atoms with E-state index in [0.717, 1.165) is 0 Å². The molecule has 0 N–H and O–H groups in total. The molecule has 0 saturated heterocycles. The Bertz CT molecular complexity index is 3290. The Labute approximate surface area is 331 Å². The van der Waals surface area contributed by atoms with E-state index in [9.17, 15) is 0 Å². The molecule has 0 radical (unpaired) electrons. The normalized spacial score (nSPS) is 13.4. The van der Waals surface area contributed by atoms with Gasteiger partial charge in [-0.15, -0.1) is 0 Å². The minimum atomic E-state index is 0.159. The summed E-state index contributed by atoms with van der Waals surface area (Å²) in [5.41, 5.74) is 18.8. The second kappa shape index (κ2) is 12.6. The van der Waals surface area contributed by atoms with Crippen LogP contribution in [0.5, 0.6) is 0 Å². The van der Waals surface area contributed by atoms with Gasteiger partial charge in [-0.2, -0.15) is 0 Å². The van der Waals surface area contributed by atoms with Gasteiger partial charge in [0.2, 0.25) is 0 Å². The van der Waals surface area contributed by atoms with E-state index in [1.165, 1.54) is 105 Å². The molecule has 0 amide bonds. The van der Waals surface area contributed by atoms with Crippen LogP contribution in [-0.4, -0.2) is 9.13 Å². The Balaban J connectivity index is 0.920. The van der Waals surface area contributed by atoms with Crippen LogP contribution in [0.25, 0.3) is 88.4 Å². The number of hydrogen-bond donors (Lipinski definition) is 0. The number of nitrogens with zero attached hydrogens (tertiary/aromatic N) is 2. The predicted octanol–water partition coefficient (Wildman–Crippen LogP) is 14.4. The monoisotopic (exact) mass is 724 g/mol. The molecule has 57 heavy (non-hydrogen) atoms. The first kappa shape index (κ1) is 31.9. The Hall–Kier alpha value is -7.42. The maximum Gasteiger partial charge on any atom is 0.0541 e. The minimum Gasteiger partial charge on any atom is -0.309 e. The van der Waals surface area contributed by atoms with Crippen LogP contribution in [0.1, 0.15) is 22.6 Å². The summed E-state index contributed by atoms with van der Waals surface area (Å²) in [7, 11) is 0. The molecule has 2 nitrogen and oxygen atoms in total. The molecule has 266 valence electrons. The molecule has 2 heteroatoms. The molecular formula is C55H36N2. The molecule has 12 rings (SSSR count). The third-order valence-corrected chi connectivity index (χ3v) is 12.2. The van der Waals surface area contributed by atoms with Gasteiger partial charge in [-0.05, 0) is 111 Å². The fourth-order valence-corrected chi connectivity index (χ4v) is 9.65. The molecule has 0 spiro atoms. The molecule has 2 aromatic heterocycles. The third-order valence-electron chi connectivity index (χ3n) is 12.2. The second-order valence-electron chi connectivity index (χ2n) is 15.3. The zero-order valence-corrected chi connectivity index (χ0v) is 31.2. The van der Waals surface area contributed by atoms with Crippen molar-refractivity contribution >= 4 is 43.6 Å². The summed E-state index contributed by atoms with van der Waals surface area (Å²) in [5.74, 6) is 0.159. The number of aromatic nitrogens is 2. The zero-order valence-electron chi connectivity index (χ0n) is 31.2. The van der Waals surface area contributed by atoms with Crippen LogP contribution >= 0.6 is 0 Å². The molecule has 0 aliphatic heterocycles. The van der Waals surface area contributed by atoms with Crippen molar-refractivity contribution in [2.45, 2.75) is 5.92 Å². The number of para-hydroxylation sites is 4. The molecule has 1 atom stereocenters. The predicted molar refractivity (Wildman–Crippen MR) is 239 cm³/mol. The Morgan fingerprint density at radius 3 is 1.51 bits per heavy atom. The highest BCUT2D eigenvalue weighted by Gasteiger charge is 2.30. The lowest BCUT2D eigenvalue weighted by Crippen LogP contribution is -1.99. The number of fused-ring (bicyclic) bond motifs is 9. The lowest BCUT2D eigenvalue weighted by Gasteiger charge is -2.16. The summed E-state index contributed by atoms with van der Waals surface area (Å²) >= 11 is 0. The van der Waals surface area contributed by atoms with Crippen LogP contribution in [0.4, 0.5) is 0 Å². The first-order valence-electron chi connectivity index (χ1n) is 19.8. The van der Waals surface area contributed by atoms with E-state index in [1.807, 2.05) is 0 Å². The second-order valence-corrected chi connectivity index (χ2v) is 15.3. The van der Waals surface area contributed by atoms with E-state index in [1.54, 1.807) is 0 Å². The van der Waals surface area contributed by atoms with Crippen LogP contribution in [0, 0.1) is 0 Å².